The van der Waals surface area contributed by atoms with Gasteiger partial charge in [-0.2, -0.15) is 18.4 Å². The van der Waals surface area contributed by atoms with Crippen LogP contribution < -0.4 is 16.4 Å². The minimum Gasteiger partial charge on any atom is -0.364 e. The number of nitriles is 1. The Kier molecular flexibility index (Phi) is 10.0. The van der Waals surface area contributed by atoms with Gasteiger partial charge in [0.2, 0.25) is 0 Å². The summed E-state index contributed by atoms with van der Waals surface area (Å²) in [4.78, 5) is 31.7. The number of aromatic nitrogens is 3. The van der Waals surface area contributed by atoms with Gasteiger partial charge in [0.15, 0.2) is 5.82 Å². The number of pyridine rings is 1. The van der Waals surface area contributed by atoms with Gasteiger partial charge in [-0.1, -0.05) is 72.3 Å². The van der Waals surface area contributed by atoms with Crippen LogP contribution in [0.2, 0.25) is 5.02 Å². The Morgan fingerprint density at radius 3 is 2.23 bits per heavy atom. The molecule has 0 saturated heterocycles. The van der Waals surface area contributed by atoms with E-state index in [1.807, 2.05) is 36.4 Å². The second kappa shape index (κ2) is 14.2. The van der Waals surface area contributed by atoms with Gasteiger partial charge in [0, 0.05) is 16.3 Å². The summed E-state index contributed by atoms with van der Waals surface area (Å²) in [5.41, 5.74) is 0.846. The van der Waals surface area contributed by atoms with Crippen molar-refractivity contribution in [2.24, 2.45) is 5.84 Å². The molecule has 9 nitrogen and oxygen atoms in total. The summed E-state index contributed by atoms with van der Waals surface area (Å²) in [7, 11) is 0. The van der Waals surface area contributed by atoms with Crippen molar-refractivity contribution >= 4 is 23.3 Å². The molecule has 1 unspecified atom stereocenters. The predicted octanol–water partition coefficient (Wildman–Crippen LogP) is 6.68. The lowest BCUT2D eigenvalue weighted by Crippen LogP contribution is -2.46. The number of nitrogens with zero attached hydrogens (tertiary/aromatic N) is 5. The van der Waals surface area contributed by atoms with Crippen molar-refractivity contribution in [1.82, 2.24) is 14.8 Å². The molecule has 5 aromatic rings. The van der Waals surface area contributed by atoms with Crippen LogP contribution in [0.5, 0.6) is 0 Å². The van der Waals surface area contributed by atoms with Gasteiger partial charge in [0.25, 0.3) is 11.5 Å². The van der Waals surface area contributed by atoms with E-state index in [1.165, 1.54) is 32.0 Å². The van der Waals surface area contributed by atoms with E-state index in [-0.39, 0.29) is 41.4 Å². The van der Waals surface area contributed by atoms with Crippen molar-refractivity contribution in [3.63, 3.8) is 0 Å². The van der Waals surface area contributed by atoms with Crippen LogP contribution in [0.25, 0.3) is 22.3 Å². The maximum Gasteiger partial charge on any atom is 0.433 e. The number of amides is 1. The van der Waals surface area contributed by atoms with E-state index in [0.29, 0.717) is 21.7 Å². The van der Waals surface area contributed by atoms with Gasteiger partial charge in [-0.15, -0.1) is 5.10 Å². The Morgan fingerprint density at radius 2 is 1.62 bits per heavy atom. The number of nitrogens with two attached hydrogens (primary N) is 1. The van der Waals surface area contributed by atoms with Gasteiger partial charge in [-0.25, -0.2) is 20.5 Å². The number of alkyl halides is 3. The number of hydrazine groups is 1. The topological polar surface area (TPSA) is 127 Å². The Hall–Kier alpha value is -5.35. The van der Waals surface area contributed by atoms with Crippen LogP contribution in [-0.4, -0.2) is 26.8 Å². The molecular formula is C35H28ClF3N6O3. The minimum atomic E-state index is -4.66. The van der Waals surface area contributed by atoms with Crippen molar-refractivity contribution in [3.8, 4) is 28.3 Å². The van der Waals surface area contributed by atoms with Crippen molar-refractivity contribution in [2.45, 2.75) is 39.3 Å². The summed E-state index contributed by atoms with van der Waals surface area (Å²) in [5.74, 6) is 5.68. The summed E-state index contributed by atoms with van der Waals surface area (Å²) in [5, 5.41) is 15.1. The normalized spacial score (nSPS) is 12.0. The fourth-order valence-electron chi connectivity index (χ4n) is 4.95. The van der Waals surface area contributed by atoms with Crippen molar-refractivity contribution in [1.29, 1.82) is 5.26 Å². The molecule has 2 aromatic heterocycles. The first kappa shape index (κ1) is 34.0. The van der Waals surface area contributed by atoms with Crippen LogP contribution in [0.15, 0.2) is 95.8 Å². The number of anilines is 1. The zero-order valence-corrected chi connectivity index (χ0v) is 26.5. The lowest BCUT2D eigenvalue weighted by molar-refractivity contribution is -0.141. The van der Waals surface area contributed by atoms with Gasteiger partial charge in [0.1, 0.15) is 11.8 Å². The van der Waals surface area contributed by atoms with Crippen LogP contribution in [-0.2, 0) is 28.9 Å². The van der Waals surface area contributed by atoms with Crippen LogP contribution in [0.3, 0.4) is 0 Å². The molecule has 3 aromatic carbocycles. The smallest absolute Gasteiger partial charge is 0.364 e. The van der Waals surface area contributed by atoms with Gasteiger partial charge in [-0.05, 0) is 66.4 Å². The number of ether oxygens (including phenoxy) is 1. The molecule has 2 heterocycles. The van der Waals surface area contributed by atoms with E-state index in [2.05, 4.69) is 10.1 Å². The fraction of sp³-hybridized carbons (Fsp3) is 0.171. The summed E-state index contributed by atoms with van der Waals surface area (Å²) < 4.78 is 46.8. The molecule has 0 radical (unpaired) electrons. The van der Waals surface area contributed by atoms with Gasteiger partial charge >= 0.3 is 6.18 Å². The Labute approximate surface area is 278 Å². The second-order valence-electron chi connectivity index (χ2n) is 10.8. The van der Waals surface area contributed by atoms with E-state index in [1.54, 1.807) is 36.4 Å². The summed E-state index contributed by atoms with van der Waals surface area (Å²) in [6.07, 6.45) is -5.70. The molecule has 1 amide bonds. The van der Waals surface area contributed by atoms with E-state index in [0.717, 1.165) is 21.3 Å². The number of aryl methyl sites for hydroxylation is 1. The largest absolute Gasteiger partial charge is 0.433 e. The SMILES string of the molecule is Cc1nc(C(F)(F)F)ccc1Cn1nc(N(N)C(=O)C(C)OCc2ccccc2)c(-c2ccc(Cl)cc2)c(-c2ccc(C#N)cc2)c1=O. The third kappa shape index (κ3) is 7.44. The molecular weight excluding hydrogens is 645 g/mol. The van der Waals surface area contributed by atoms with Crippen molar-refractivity contribution in [3.05, 3.63) is 134 Å². The maximum absolute atomic E-state index is 14.3. The molecule has 48 heavy (non-hydrogen) atoms. The first-order chi connectivity index (χ1) is 22.9. The molecule has 0 aliphatic rings. The number of carbonyl (C=O) groups excluding carboxylic acids is 1. The summed E-state index contributed by atoms with van der Waals surface area (Å²) in [6, 6.07) is 26.0. The van der Waals surface area contributed by atoms with Crippen molar-refractivity contribution in [2.75, 3.05) is 5.01 Å². The zero-order chi connectivity index (χ0) is 34.6. The van der Waals surface area contributed by atoms with Crippen LogP contribution >= 0.6 is 11.6 Å². The van der Waals surface area contributed by atoms with E-state index < -0.39 is 29.4 Å². The van der Waals surface area contributed by atoms with Crippen molar-refractivity contribution < 1.29 is 22.7 Å². The number of carbonyl (C=O) groups is 1. The maximum atomic E-state index is 14.3. The third-order valence-electron chi connectivity index (χ3n) is 7.53. The lowest BCUT2D eigenvalue weighted by Gasteiger charge is -2.25. The number of halogens is 4. The molecule has 0 bridgehead atoms. The molecule has 0 aliphatic carbocycles. The van der Waals surface area contributed by atoms with Crippen LogP contribution in [0.4, 0.5) is 19.0 Å². The molecule has 0 aliphatic heterocycles. The standard InChI is InChI=1S/C35H28ClF3N6O3/c1-21-27(14-17-29(42-21)35(37,38)39)19-44-34(47)31(26-10-8-23(18-40)9-11-26)30(25-12-15-28(36)16-13-25)32(43-44)45(41)33(46)22(2)48-20-24-6-4-3-5-7-24/h3-17,22H,19-20,41H2,1-2H3. The Bertz CT molecular complexity index is 2050. The molecule has 244 valence electrons. The average Bonchev–Trinajstić information content (AvgIpc) is 3.08. The molecule has 0 spiro atoms. The van der Waals surface area contributed by atoms with E-state index in [9.17, 15) is 28.0 Å². The summed E-state index contributed by atoms with van der Waals surface area (Å²) in [6.45, 7) is 2.75. The highest BCUT2D eigenvalue weighted by Crippen LogP contribution is 2.37. The Morgan fingerprint density at radius 1 is 1.00 bits per heavy atom. The minimum absolute atomic E-state index is 0.0328. The average molecular weight is 673 g/mol. The highest BCUT2D eigenvalue weighted by atomic mass is 35.5. The highest BCUT2D eigenvalue weighted by Gasteiger charge is 2.33. The molecule has 1 atom stereocenters. The molecule has 5 rings (SSSR count). The fourth-order valence-corrected chi connectivity index (χ4v) is 5.07. The first-order valence-corrected chi connectivity index (χ1v) is 14.9. The molecule has 13 heteroatoms. The van der Waals surface area contributed by atoms with Gasteiger partial charge in [-0.3, -0.25) is 9.59 Å². The zero-order valence-electron chi connectivity index (χ0n) is 25.7. The Balaban J connectivity index is 1.69. The highest BCUT2D eigenvalue weighted by molar-refractivity contribution is 6.30. The molecule has 2 N–H and O–H groups in total. The number of hydrogen-bond donors (Lipinski definition) is 1. The number of hydrogen-bond acceptors (Lipinski definition) is 7. The van der Waals surface area contributed by atoms with Gasteiger partial charge < -0.3 is 4.74 Å². The summed E-state index contributed by atoms with van der Waals surface area (Å²) >= 11 is 6.18. The monoisotopic (exact) mass is 672 g/mol. The lowest BCUT2D eigenvalue weighted by atomic mass is 9.95. The van der Waals surface area contributed by atoms with E-state index in [4.69, 9.17) is 22.2 Å². The van der Waals surface area contributed by atoms with Crippen LogP contribution in [0, 0.1) is 18.3 Å². The molecule has 0 fully saturated rings. The number of rotatable bonds is 9. The number of benzene rings is 3. The van der Waals surface area contributed by atoms with E-state index >= 15 is 0 Å². The van der Waals surface area contributed by atoms with Gasteiger partial charge in [0.05, 0.1) is 30.3 Å². The predicted molar refractivity (Wildman–Crippen MR) is 175 cm³/mol. The quantitative estimate of drug-likeness (QED) is 0.105. The first-order valence-electron chi connectivity index (χ1n) is 14.6. The second-order valence-corrected chi connectivity index (χ2v) is 11.3. The molecule has 0 saturated carbocycles. The van der Waals surface area contributed by atoms with Crippen LogP contribution in [0.1, 0.15) is 35.0 Å². The third-order valence-corrected chi connectivity index (χ3v) is 7.79.